The lowest BCUT2D eigenvalue weighted by Gasteiger charge is -2.38. The Bertz CT molecular complexity index is 481. The SMILES string of the molecule is CCCC[B-]1(c2cccc(OC)c2)OC(C)(C)C(C)(C)O1. The van der Waals surface area contributed by atoms with Crippen molar-refractivity contribution in [3.63, 3.8) is 0 Å². The van der Waals surface area contributed by atoms with Crippen LogP contribution in [0.2, 0.25) is 6.32 Å². The second-order valence-corrected chi connectivity index (χ2v) is 7.04. The van der Waals surface area contributed by atoms with Crippen molar-refractivity contribution < 1.29 is 14.0 Å². The van der Waals surface area contributed by atoms with Crippen LogP contribution in [0.5, 0.6) is 5.75 Å². The average molecular weight is 291 g/mol. The quantitative estimate of drug-likeness (QED) is 0.773. The summed E-state index contributed by atoms with van der Waals surface area (Å²) in [6.07, 6.45) is 3.13. The Balaban J connectivity index is 2.44. The number of unbranched alkanes of at least 4 members (excludes halogenated alkanes) is 1. The van der Waals surface area contributed by atoms with Crippen LogP contribution in [0, 0.1) is 0 Å². The van der Waals surface area contributed by atoms with E-state index in [0.29, 0.717) is 0 Å². The lowest BCUT2D eigenvalue weighted by Crippen LogP contribution is -2.51. The Morgan fingerprint density at radius 1 is 1.10 bits per heavy atom. The topological polar surface area (TPSA) is 27.7 Å². The van der Waals surface area contributed by atoms with Crippen LogP contribution in [0.3, 0.4) is 0 Å². The van der Waals surface area contributed by atoms with E-state index >= 15 is 0 Å². The van der Waals surface area contributed by atoms with Crippen LogP contribution in [-0.4, -0.2) is 24.9 Å². The van der Waals surface area contributed by atoms with Gasteiger partial charge in [0.15, 0.2) is 0 Å². The molecule has 0 aromatic heterocycles. The van der Waals surface area contributed by atoms with E-state index in [0.717, 1.165) is 30.4 Å². The van der Waals surface area contributed by atoms with Crippen LogP contribution in [0.15, 0.2) is 24.3 Å². The second-order valence-electron chi connectivity index (χ2n) is 7.04. The van der Waals surface area contributed by atoms with E-state index in [-0.39, 0.29) is 11.2 Å². The summed E-state index contributed by atoms with van der Waals surface area (Å²) in [5, 5.41) is 0. The Morgan fingerprint density at radius 2 is 1.71 bits per heavy atom. The van der Waals surface area contributed by atoms with Crippen LogP contribution in [-0.2, 0) is 9.31 Å². The highest BCUT2D eigenvalue weighted by atomic mass is 16.7. The zero-order valence-corrected chi connectivity index (χ0v) is 14.2. The van der Waals surface area contributed by atoms with Gasteiger partial charge in [0.1, 0.15) is 5.75 Å². The zero-order chi connectivity index (χ0) is 15.7. The van der Waals surface area contributed by atoms with E-state index < -0.39 is 6.55 Å². The lowest BCUT2D eigenvalue weighted by molar-refractivity contribution is 0.00578. The van der Waals surface area contributed by atoms with Crippen LogP contribution >= 0.6 is 0 Å². The average Bonchev–Trinajstić information content (AvgIpc) is 2.63. The van der Waals surface area contributed by atoms with Crippen molar-refractivity contribution >= 4 is 12.0 Å². The van der Waals surface area contributed by atoms with Crippen molar-refractivity contribution in [2.75, 3.05) is 7.11 Å². The van der Waals surface area contributed by atoms with Crippen molar-refractivity contribution in [1.82, 2.24) is 0 Å². The van der Waals surface area contributed by atoms with Gasteiger partial charge in [0.05, 0.1) is 7.11 Å². The fourth-order valence-electron chi connectivity index (χ4n) is 3.07. The first-order chi connectivity index (χ1) is 9.76. The summed E-state index contributed by atoms with van der Waals surface area (Å²) in [5.41, 5.74) is 0.467. The molecule has 1 aromatic carbocycles. The number of ether oxygens (including phenoxy) is 1. The van der Waals surface area contributed by atoms with E-state index in [4.69, 9.17) is 14.0 Å². The molecule has 0 radical (unpaired) electrons. The number of hydrogen-bond acceptors (Lipinski definition) is 3. The van der Waals surface area contributed by atoms with Gasteiger partial charge in [-0.05, 0) is 33.8 Å². The molecule has 0 unspecified atom stereocenters. The summed E-state index contributed by atoms with van der Waals surface area (Å²) in [7, 11) is 1.69. The lowest BCUT2D eigenvalue weighted by atomic mass is 9.48. The summed E-state index contributed by atoms with van der Waals surface area (Å²) in [6, 6.07) is 8.11. The van der Waals surface area contributed by atoms with E-state index in [1.807, 2.05) is 18.2 Å². The molecule has 2 rings (SSSR count). The van der Waals surface area contributed by atoms with Gasteiger partial charge in [0, 0.05) is 11.2 Å². The van der Waals surface area contributed by atoms with Crippen LogP contribution in [0.25, 0.3) is 0 Å². The molecule has 0 saturated carbocycles. The number of rotatable bonds is 5. The fraction of sp³-hybridized carbons (Fsp3) is 0.647. The third-order valence-electron chi connectivity index (χ3n) is 4.96. The molecule has 1 fully saturated rings. The highest BCUT2D eigenvalue weighted by molar-refractivity contribution is 6.81. The summed E-state index contributed by atoms with van der Waals surface area (Å²) in [5.74, 6) is 0.847. The summed E-state index contributed by atoms with van der Waals surface area (Å²) >= 11 is 0. The van der Waals surface area contributed by atoms with Crippen molar-refractivity contribution in [3.8, 4) is 5.75 Å². The molecular weight excluding hydrogens is 263 g/mol. The van der Waals surface area contributed by atoms with Crippen LogP contribution < -0.4 is 10.2 Å². The van der Waals surface area contributed by atoms with Crippen molar-refractivity contribution in [2.24, 2.45) is 0 Å². The molecule has 118 valence electrons. The van der Waals surface area contributed by atoms with Gasteiger partial charge in [-0.15, -0.1) is 11.8 Å². The van der Waals surface area contributed by atoms with E-state index in [9.17, 15) is 0 Å². The molecule has 0 bridgehead atoms. The summed E-state index contributed by atoms with van der Waals surface area (Å²) < 4.78 is 18.4. The fourth-order valence-corrected chi connectivity index (χ4v) is 3.07. The maximum Gasteiger partial charge on any atom is 0.270 e. The van der Waals surface area contributed by atoms with Crippen molar-refractivity contribution in [2.45, 2.75) is 65.0 Å². The van der Waals surface area contributed by atoms with E-state index in [1.54, 1.807) is 7.11 Å². The molecule has 21 heavy (non-hydrogen) atoms. The molecule has 1 heterocycles. The number of hydrogen-bond donors (Lipinski definition) is 0. The normalized spacial score (nSPS) is 22.2. The van der Waals surface area contributed by atoms with Gasteiger partial charge in [-0.3, -0.25) is 0 Å². The predicted molar refractivity (Wildman–Crippen MR) is 88.4 cm³/mol. The molecule has 0 N–H and O–H groups in total. The number of methoxy groups -OCH3 is 1. The molecule has 0 aliphatic carbocycles. The Hall–Kier alpha value is -0.995. The molecule has 1 aliphatic rings. The molecule has 0 amide bonds. The standard InChI is InChI=1S/C17H28BO3/c1-7-8-12-18(14-10-9-11-15(13-14)19-6)20-16(2,3)17(4,5)21-18/h9-11,13H,7-8,12H2,1-6H3/q-1. The maximum atomic E-state index is 6.52. The highest BCUT2D eigenvalue weighted by Crippen LogP contribution is 2.43. The first-order valence-electron chi connectivity index (χ1n) is 7.97. The van der Waals surface area contributed by atoms with Gasteiger partial charge >= 0.3 is 0 Å². The molecule has 4 heteroatoms. The van der Waals surface area contributed by atoms with Crippen LogP contribution in [0.4, 0.5) is 0 Å². The molecule has 0 atom stereocenters. The van der Waals surface area contributed by atoms with E-state index in [2.05, 4.69) is 40.7 Å². The first kappa shape index (κ1) is 16.4. The van der Waals surface area contributed by atoms with Gasteiger partial charge < -0.3 is 14.0 Å². The maximum absolute atomic E-state index is 6.52. The second kappa shape index (κ2) is 5.66. The summed E-state index contributed by atoms with van der Waals surface area (Å²) in [6.45, 7) is 9.18. The third kappa shape index (κ3) is 2.97. The molecule has 0 spiro atoms. The number of benzene rings is 1. The Morgan fingerprint density at radius 3 is 2.24 bits per heavy atom. The van der Waals surface area contributed by atoms with Gasteiger partial charge in [-0.2, -0.15) is 0 Å². The molecule has 1 aliphatic heterocycles. The minimum atomic E-state index is -1.47. The minimum absolute atomic E-state index is 0.316. The van der Waals surface area contributed by atoms with Gasteiger partial charge in [0.2, 0.25) is 0 Å². The monoisotopic (exact) mass is 291 g/mol. The predicted octanol–water partition coefficient (Wildman–Crippen LogP) is 3.75. The van der Waals surface area contributed by atoms with Crippen molar-refractivity contribution in [1.29, 1.82) is 0 Å². The van der Waals surface area contributed by atoms with Gasteiger partial charge in [0.25, 0.3) is 6.55 Å². The van der Waals surface area contributed by atoms with Gasteiger partial charge in [-0.25, -0.2) is 0 Å². The Labute approximate surface area is 129 Å². The summed E-state index contributed by atoms with van der Waals surface area (Å²) in [4.78, 5) is 0. The van der Waals surface area contributed by atoms with Crippen molar-refractivity contribution in [3.05, 3.63) is 24.3 Å². The Kier molecular flexibility index (Phi) is 4.41. The first-order valence-corrected chi connectivity index (χ1v) is 7.97. The molecule has 1 aromatic rings. The largest absolute Gasteiger partial charge is 0.558 e. The third-order valence-corrected chi connectivity index (χ3v) is 4.96. The minimum Gasteiger partial charge on any atom is -0.558 e. The molecule has 3 nitrogen and oxygen atoms in total. The van der Waals surface area contributed by atoms with Gasteiger partial charge in [-0.1, -0.05) is 38.0 Å². The molecular formula is C17H28BO3-. The smallest absolute Gasteiger partial charge is 0.270 e. The zero-order valence-electron chi connectivity index (χ0n) is 14.2. The molecule has 1 saturated heterocycles. The highest BCUT2D eigenvalue weighted by Gasteiger charge is 2.51. The van der Waals surface area contributed by atoms with E-state index in [1.165, 1.54) is 0 Å². The van der Waals surface area contributed by atoms with Crippen LogP contribution in [0.1, 0.15) is 47.5 Å².